The van der Waals surface area contributed by atoms with Crippen molar-refractivity contribution in [1.82, 2.24) is 24.3 Å². The zero-order valence-electron chi connectivity index (χ0n) is 15.5. The van der Waals surface area contributed by atoms with Crippen molar-refractivity contribution in [2.45, 2.75) is 19.9 Å². The maximum absolute atomic E-state index is 12.4. The van der Waals surface area contributed by atoms with Crippen LogP contribution in [0.3, 0.4) is 0 Å². The van der Waals surface area contributed by atoms with Crippen molar-refractivity contribution in [3.05, 3.63) is 80.0 Å². The molecule has 4 heterocycles. The Labute approximate surface area is 169 Å². The summed E-state index contributed by atoms with van der Waals surface area (Å²) in [6.45, 7) is 10.9. The molecule has 4 rings (SSSR count). The summed E-state index contributed by atoms with van der Waals surface area (Å²) < 4.78 is 2.99. The molecule has 0 saturated carbocycles. The van der Waals surface area contributed by atoms with Crippen molar-refractivity contribution < 1.29 is 0 Å². The van der Waals surface area contributed by atoms with Crippen LogP contribution in [0.2, 0.25) is 5.02 Å². The normalized spacial score (nSPS) is 11.1. The molecule has 0 bridgehead atoms. The lowest BCUT2D eigenvalue weighted by molar-refractivity contribution is 0.579. The van der Waals surface area contributed by atoms with Gasteiger partial charge in [0.05, 0.1) is 18.2 Å². The number of fused-ring (bicyclic) bond motifs is 1. The number of halogens is 1. The van der Waals surface area contributed by atoms with Crippen LogP contribution in [0.4, 0.5) is 5.69 Å². The van der Waals surface area contributed by atoms with Crippen LogP contribution >= 0.6 is 11.6 Å². The first-order valence-electron chi connectivity index (χ1n) is 8.76. The minimum absolute atomic E-state index is 0.0616. The molecule has 4 aromatic rings. The van der Waals surface area contributed by atoms with Crippen molar-refractivity contribution in [2.24, 2.45) is 0 Å². The van der Waals surface area contributed by atoms with E-state index in [1.165, 1.54) is 27.7 Å². The molecule has 0 amide bonds. The molecule has 0 fully saturated rings. The fourth-order valence-corrected chi connectivity index (χ4v) is 3.27. The van der Waals surface area contributed by atoms with E-state index in [0.717, 1.165) is 0 Å². The molecule has 8 nitrogen and oxygen atoms in total. The summed E-state index contributed by atoms with van der Waals surface area (Å²) in [7, 11) is 0. The van der Waals surface area contributed by atoms with Gasteiger partial charge in [-0.15, -0.1) is 0 Å². The summed E-state index contributed by atoms with van der Waals surface area (Å²) >= 11 is 6.20. The molecular weight excluding hydrogens is 392 g/mol. The van der Waals surface area contributed by atoms with E-state index in [2.05, 4.69) is 19.9 Å². The Kier molecular flexibility index (Phi) is 4.53. The molecule has 0 atom stereocenters. The third-order valence-electron chi connectivity index (χ3n) is 4.50. The van der Waals surface area contributed by atoms with Crippen molar-refractivity contribution in [1.29, 1.82) is 0 Å². The smallest absolute Gasteiger partial charge is 0.269 e. The highest BCUT2D eigenvalue weighted by Crippen LogP contribution is 2.29. The summed E-state index contributed by atoms with van der Waals surface area (Å²) in [5.74, 6) is 0.402. The number of aromatic amines is 1. The van der Waals surface area contributed by atoms with Gasteiger partial charge in [0.15, 0.2) is 11.2 Å². The Balaban J connectivity index is 2.09. The summed E-state index contributed by atoms with van der Waals surface area (Å²) in [4.78, 5) is 35.6. The first-order valence-corrected chi connectivity index (χ1v) is 9.14. The highest BCUT2D eigenvalue weighted by Gasteiger charge is 2.17. The summed E-state index contributed by atoms with van der Waals surface area (Å²) in [5.41, 5.74) is 1.42. The first-order chi connectivity index (χ1) is 13.9. The van der Waals surface area contributed by atoms with Gasteiger partial charge in [-0.25, -0.2) is 14.5 Å². The van der Waals surface area contributed by atoms with Gasteiger partial charge in [-0.2, -0.15) is 5.10 Å². The van der Waals surface area contributed by atoms with Crippen LogP contribution in [-0.2, 0) is 0 Å². The standard InChI is InChI=1S/C20H15ClN6O2/c1-11(2)26-9-12(6-16(21)20(26)29)14-7-15-17(28)4-5-23-18(15)25-19(14)27-10-13(22-3)8-24-27/h4-11H,1-2H3,(H,23,25,28). The maximum Gasteiger partial charge on any atom is 0.269 e. The van der Waals surface area contributed by atoms with Crippen molar-refractivity contribution in [3.63, 3.8) is 0 Å². The number of aromatic nitrogens is 5. The van der Waals surface area contributed by atoms with Crippen LogP contribution in [0.15, 0.2) is 52.6 Å². The minimum atomic E-state index is -0.298. The molecular formula is C20H15ClN6O2. The average Bonchev–Trinajstić information content (AvgIpc) is 3.18. The molecule has 1 N–H and O–H groups in total. The monoisotopic (exact) mass is 406 g/mol. The largest absolute Gasteiger partial charge is 0.346 e. The summed E-state index contributed by atoms with van der Waals surface area (Å²) in [6, 6.07) is 4.54. The van der Waals surface area contributed by atoms with Gasteiger partial charge in [-0.1, -0.05) is 11.6 Å². The Morgan fingerprint density at radius 3 is 2.72 bits per heavy atom. The van der Waals surface area contributed by atoms with Crippen LogP contribution < -0.4 is 11.0 Å². The van der Waals surface area contributed by atoms with Gasteiger partial charge < -0.3 is 9.55 Å². The van der Waals surface area contributed by atoms with Crippen LogP contribution in [0.5, 0.6) is 0 Å². The summed E-state index contributed by atoms with van der Waals surface area (Å²) in [5, 5.41) is 4.67. The highest BCUT2D eigenvalue weighted by molar-refractivity contribution is 6.30. The van der Waals surface area contributed by atoms with Gasteiger partial charge in [-0.05, 0) is 26.0 Å². The van der Waals surface area contributed by atoms with E-state index in [1.807, 2.05) is 13.8 Å². The lowest BCUT2D eigenvalue weighted by Gasteiger charge is -2.15. The quantitative estimate of drug-likeness (QED) is 0.525. The number of hydrogen-bond acceptors (Lipinski definition) is 4. The zero-order chi connectivity index (χ0) is 20.7. The highest BCUT2D eigenvalue weighted by atomic mass is 35.5. The fourth-order valence-electron chi connectivity index (χ4n) is 3.06. The topological polar surface area (TPSA) is 89.9 Å². The van der Waals surface area contributed by atoms with Crippen molar-refractivity contribution >= 4 is 28.3 Å². The van der Waals surface area contributed by atoms with Gasteiger partial charge in [0.1, 0.15) is 10.7 Å². The number of rotatable bonds is 3. The van der Waals surface area contributed by atoms with E-state index in [4.69, 9.17) is 18.2 Å². The molecule has 0 spiro atoms. The number of pyridine rings is 3. The maximum atomic E-state index is 12.4. The number of H-pyrrole nitrogens is 1. The zero-order valence-corrected chi connectivity index (χ0v) is 16.3. The predicted molar refractivity (Wildman–Crippen MR) is 111 cm³/mol. The minimum Gasteiger partial charge on any atom is -0.346 e. The van der Waals surface area contributed by atoms with Crippen LogP contribution in [0.25, 0.3) is 32.8 Å². The molecule has 4 aromatic heterocycles. The Hall–Kier alpha value is -3.70. The first kappa shape index (κ1) is 18.7. The molecule has 0 aromatic carbocycles. The third-order valence-corrected chi connectivity index (χ3v) is 4.78. The van der Waals surface area contributed by atoms with Gasteiger partial charge in [0.2, 0.25) is 5.69 Å². The van der Waals surface area contributed by atoms with E-state index in [9.17, 15) is 9.59 Å². The predicted octanol–water partition coefficient (Wildman–Crippen LogP) is 3.72. The molecule has 144 valence electrons. The lowest BCUT2D eigenvalue weighted by Crippen LogP contribution is -2.22. The molecule has 0 aliphatic heterocycles. The van der Waals surface area contributed by atoms with Crippen LogP contribution in [0.1, 0.15) is 19.9 Å². The van der Waals surface area contributed by atoms with Gasteiger partial charge in [0, 0.05) is 41.8 Å². The Bertz CT molecular complexity index is 1410. The second-order valence-corrected chi connectivity index (χ2v) is 7.14. The SMILES string of the molecule is [C-]#[N+]c1cnn(-c2nc3[nH]ccc(=O)c3cc2-c2cc(Cl)c(=O)n(C(C)C)c2)c1. The third kappa shape index (κ3) is 3.22. The molecule has 0 aliphatic carbocycles. The van der Waals surface area contributed by atoms with E-state index < -0.39 is 0 Å². The Morgan fingerprint density at radius 1 is 1.24 bits per heavy atom. The number of nitrogens with one attached hydrogen (secondary N) is 1. The molecule has 0 unspecified atom stereocenters. The van der Waals surface area contributed by atoms with E-state index >= 15 is 0 Å². The number of nitrogens with zero attached hydrogens (tertiary/aromatic N) is 5. The molecule has 0 saturated heterocycles. The lowest BCUT2D eigenvalue weighted by atomic mass is 10.1. The molecule has 0 radical (unpaired) electrons. The van der Waals surface area contributed by atoms with Crippen molar-refractivity contribution in [2.75, 3.05) is 0 Å². The summed E-state index contributed by atoms with van der Waals surface area (Å²) in [6.07, 6.45) is 6.18. The second-order valence-electron chi connectivity index (χ2n) is 6.74. The fraction of sp³-hybridized carbons (Fsp3) is 0.150. The van der Waals surface area contributed by atoms with Gasteiger partial charge in [0.25, 0.3) is 5.56 Å². The molecule has 29 heavy (non-hydrogen) atoms. The average molecular weight is 407 g/mol. The van der Waals surface area contributed by atoms with E-state index in [1.54, 1.807) is 24.5 Å². The number of hydrogen-bond donors (Lipinski definition) is 1. The van der Waals surface area contributed by atoms with E-state index in [-0.39, 0.29) is 22.1 Å². The van der Waals surface area contributed by atoms with Crippen LogP contribution in [0, 0.1) is 6.57 Å². The van der Waals surface area contributed by atoms with Gasteiger partial charge >= 0.3 is 0 Å². The van der Waals surface area contributed by atoms with Crippen molar-refractivity contribution in [3.8, 4) is 16.9 Å². The molecule has 9 heteroatoms. The van der Waals surface area contributed by atoms with Gasteiger partial charge in [-0.3, -0.25) is 9.59 Å². The van der Waals surface area contributed by atoms with Crippen LogP contribution in [-0.4, -0.2) is 24.3 Å². The molecule has 0 aliphatic rings. The van der Waals surface area contributed by atoms with E-state index in [0.29, 0.717) is 33.7 Å². The Morgan fingerprint density at radius 2 is 2.03 bits per heavy atom. The second kappa shape index (κ2) is 7.04.